The van der Waals surface area contributed by atoms with Crippen LogP contribution in [0.25, 0.3) is 22.9 Å². The molecule has 1 amide bonds. The van der Waals surface area contributed by atoms with Gasteiger partial charge >= 0.3 is 11.9 Å². The fraction of sp³-hybridized carbons (Fsp3) is 0.160. The number of rotatable bonds is 5. The van der Waals surface area contributed by atoms with Crippen LogP contribution in [0.2, 0.25) is 0 Å². The number of nitrogens with one attached hydrogen (secondary N) is 1. The van der Waals surface area contributed by atoms with Gasteiger partial charge in [0.1, 0.15) is 0 Å². The van der Waals surface area contributed by atoms with Crippen LogP contribution >= 0.6 is 0 Å². The Labute approximate surface area is 179 Å². The maximum absolute atomic E-state index is 11.4. The van der Waals surface area contributed by atoms with Gasteiger partial charge in [-0.1, -0.05) is 48.6 Å². The molecule has 3 N–H and O–H groups in total. The summed E-state index contributed by atoms with van der Waals surface area (Å²) in [6.07, 6.45) is 3.84. The van der Waals surface area contributed by atoms with Gasteiger partial charge in [0.2, 0.25) is 5.91 Å². The SMILES string of the molecule is Cc1cccc(C)c1NC(=O)CCC(=O)O.O=C(O)c1cc2c3c(cccc3c1)C=C2. The minimum Gasteiger partial charge on any atom is -0.481 e. The van der Waals surface area contributed by atoms with Gasteiger partial charge in [0.05, 0.1) is 12.0 Å². The maximum Gasteiger partial charge on any atom is 0.335 e. The molecular formula is C25H23NO5. The Morgan fingerprint density at radius 1 is 0.839 bits per heavy atom. The molecule has 0 bridgehead atoms. The minimum absolute atomic E-state index is 0.00308. The second-order valence-electron chi connectivity index (χ2n) is 7.36. The molecule has 0 unspecified atom stereocenters. The van der Waals surface area contributed by atoms with Crippen LogP contribution in [-0.2, 0) is 9.59 Å². The van der Waals surface area contributed by atoms with Gasteiger partial charge in [-0.25, -0.2) is 4.79 Å². The van der Waals surface area contributed by atoms with Crippen molar-refractivity contribution in [1.29, 1.82) is 0 Å². The highest BCUT2D eigenvalue weighted by Crippen LogP contribution is 2.32. The number of amides is 1. The van der Waals surface area contributed by atoms with Crippen molar-refractivity contribution >= 4 is 46.5 Å². The Kier molecular flexibility index (Phi) is 6.50. The van der Waals surface area contributed by atoms with Crippen molar-refractivity contribution < 1.29 is 24.6 Å². The van der Waals surface area contributed by atoms with E-state index in [0.29, 0.717) is 5.56 Å². The molecule has 0 fully saturated rings. The van der Waals surface area contributed by atoms with Gasteiger partial charge in [-0.2, -0.15) is 0 Å². The first-order valence-electron chi connectivity index (χ1n) is 9.82. The van der Waals surface area contributed by atoms with Crippen LogP contribution in [0, 0.1) is 13.8 Å². The number of carboxylic acids is 2. The van der Waals surface area contributed by atoms with Gasteiger partial charge in [-0.05, 0) is 59.0 Å². The number of carboxylic acid groups (broad SMARTS) is 2. The number of aliphatic carboxylic acids is 1. The van der Waals surface area contributed by atoms with E-state index in [0.717, 1.165) is 33.2 Å². The van der Waals surface area contributed by atoms with E-state index in [2.05, 4.69) is 5.32 Å². The number of carbonyl (C=O) groups is 3. The summed E-state index contributed by atoms with van der Waals surface area (Å²) in [4.78, 5) is 32.7. The Bertz CT molecular complexity index is 1190. The van der Waals surface area contributed by atoms with E-state index in [1.165, 1.54) is 5.56 Å². The lowest BCUT2D eigenvalue weighted by atomic mass is 10.0. The molecule has 1 aliphatic carbocycles. The summed E-state index contributed by atoms with van der Waals surface area (Å²) in [7, 11) is 0. The van der Waals surface area contributed by atoms with Crippen LogP contribution in [0.15, 0.2) is 48.5 Å². The number of para-hydroxylation sites is 1. The molecule has 31 heavy (non-hydrogen) atoms. The Morgan fingerprint density at radius 2 is 1.48 bits per heavy atom. The van der Waals surface area contributed by atoms with Crippen molar-refractivity contribution in [2.75, 3.05) is 5.32 Å². The van der Waals surface area contributed by atoms with E-state index >= 15 is 0 Å². The van der Waals surface area contributed by atoms with E-state index in [4.69, 9.17) is 10.2 Å². The molecule has 0 spiro atoms. The highest BCUT2D eigenvalue weighted by Gasteiger charge is 2.12. The normalized spacial score (nSPS) is 11.0. The number of benzene rings is 3. The largest absolute Gasteiger partial charge is 0.481 e. The number of aromatic carboxylic acids is 1. The molecule has 6 nitrogen and oxygen atoms in total. The summed E-state index contributed by atoms with van der Waals surface area (Å²) < 4.78 is 0. The second kappa shape index (κ2) is 9.26. The average molecular weight is 417 g/mol. The zero-order chi connectivity index (χ0) is 22.5. The fourth-order valence-corrected chi connectivity index (χ4v) is 3.50. The summed E-state index contributed by atoms with van der Waals surface area (Å²) in [5.41, 5.74) is 5.24. The number of hydrogen-bond donors (Lipinski definition) is 3. The lowest BCUT2D eigenvalue weighted by Crippen LogP contribution is -2.14. The third-order valence-electron chi connectivity index (χ3n) is 5.04. The molecule has 0 radical (unpaired) electrons. The van der Waals surface area contributed by atoms with E-state index in [1.807, 2.05) is 62.4 Å². The van der Waals surface area contributed by atoms with Crippen LogP contribution in [0.4, 0.5) is 5.69 Å². The highest BCUT2D eigenvalue weighted by atomic mass is 16.4. The summed E-state index contributed by atoms with van der Waals surface area (Å²) in [5, 5.41) is 22.3. The van der Waals surface area contributed by atoms with Crippen molar-refractivity contribution in [1.82, 2.24) is 0 Å². The smallest absolute Gasteiger partial charge is 0.335 e. The number of hydrogen-bond acceptors (Lipinski definition) is 3. The van der Waals surface area contributed by atoms with Crippen molar-refractivity contribution in [3.8, 4) is 0 Å². The highest BCUT2D eigenvalue weighted by molar-refractivity contribution is 6.07. The third-order valence-corrected chi connectivity index (χ3v) is 5.04. The molecule has 0 aliphatic heterocycles. The molecule has 158 valence electrons. The van der Waals surface area contributed by atoms with E-state index < -0.39 is 11.9 Å². The fourth-order valence-electron chi connectivity index (χ4n) is 3.50. The zero-order valence-corrected chi connectivity index (χ0v) is 17.3. The molecule has 4 rings (SSSR count). The van der Waals surface area contributed by atoms with Crippen LogP contribution in [0.1, 0.15) is 45.5 Å². The molecule has 3 aromatic carbocycles. The second-order valence-corrected chi connectivity index (χ2v) is 7.36. The Balaban J connectivity index is 0.000000176. The van der Waals surface area contributed by atoms with Crippen LogP contribution in [-0.4, -0.2) is 28.1 Å². The van der Waals surface area contributed by atoms with Gasteiger partial charge in [-0.3, -0.25) is 9.59 Å². The summed E-state index contributed by atoms with van der Waals surface area (Å²) in [6, 6.07) is 15.1. The van der Waals surface area contributed by atoms with Crippen molar-refractivity contribution in [3.05, 3.63) is 76.3 Å². The number of aryl methyl sites for hydroxylation is 2. The standard InChI is InChI=1S/C13H8O2.C12H15NO3/c14-13(15)11-6-9-3-1-2-8-4-5-10(7-11)12(8)9;1-8-4-3-5-9(2)12(8)13-10(14)6-7-11(15)16/h1-7H,(H,14,15);3-5H,6-7H2,1-2H3,(H,13,14)(H,15,16). The number of carbonyl (C=O) groups excluding carboxylic acids is 1. The minimum atomic E-state index is -0.961. The maximum atomic E-state index is 11.4. The lowest BCUT2D eigenvalue weighted by Gasteiger charge is -2.10. The third kappa shape index (κ3) is 5.17. The van der Waals surface area contributed by atoms with Gasteiger partial charge in [0, 0.05) is 12.1 Å². The molecule has 3 aromatic rings. The van der Waals surface area contributed by atoms with Gasteiger partial charge in [0.15, 0.2) is 0 Å². The monoisotopic (exact) mass is 417 g/mol. The lowest BCUT2D eigenvalue weighted by molar-refractivity contribution is -0.138. The molecule has 0 saturated heterocycles. The summed E-state index contributed by atoms with van der Waals surface area (Å²) in [6.45, 7) is 3.81. The first kappa shape index (κ1) is 21.8. The average Bonchev–Trinajstić information content (AvgIpc) is 3.14. The summed E-state index contributed by atoms with van der Waals surface area (Å²) >= 11 is 0. The Morgan fingerprint density at radius 3 is 2.13 bits per heavy atom. The first-order chi connectivity index (χ1) is 14.8. The molecule has 1 aliphatic rings. The van der Waals surface area contributed by atoms with Crippen LogP contribution in [0.5, 0.6) is 0 Å². The van der Waals surface area contributed by atoms with Crippen molar-refractivity contribution in [2.24, 2.45) is 0 Å². The van der Waals surface area contributed by atoms with Crippen molar-refractivity contribution in [2.45, 2.75) is 26.7 Å². The van der Waals surface area contributed by atoms with Gasteiger partial charge in [0.25, 0.3) is 0 Å². The van der Waals surface area contributed by atoms with Gasteiger partial charge < -0.3 is 15.5 Å². The molecule has 0 heterocycles. The molecular weight excluding hydrogens is 394 g/mol. The first-order valence-corrected chi connectivity index (χ1v) is 9.82. The predicted octanol–water partition coefficient (Wildman–Crippen LogP) is 5.13. The predicted molar refractivity (Wildman–Crippen MR) is 121 cm³/mol. The Hall–Kier alpha value is -3.93. The molecule has 0 aromatic heterocycles. The molecule has 6 heteroatoms. The quantitative estimate of drug-likeness (QED) is 0.418. The van der Waals surface area contributed by atoms with Gasteiger partial charge in [-0.15, -0.1) is 0 Å². The topological polar surface area (TPSA) is 104 Å². The molecule has 0 saturated carbocycles. The van der Waals surface area contributed by atoms with E-state index in [9.17, 15) is 14.4 Å². The molecule has 0 atom stereocenters. The summed E-state index contributed by atoms with van der Waals surface area (Å²) in [5.74, 6) is -2.10. The van der Waals surface area contributed by atoms with E-state index in [1.54, 1.807) is 12.1 Å². The zero-order valence-electron chi connectivity index (χ0n) is 17.3. The number of anilines is 1. The van der Waals surface area contributed by atoms with E-state index in [-0.39, 0.29) is 18.7 Å². The van der Waals surface area contributed by atoms with Crippen molar-refractivity contribution in [3.63, 3.8) is 0 Å². The van der Waals surface area contributed by atoms with Crippen LogP contribution < -0.4 is 5.32 Å². The van der Waals surface area contributed by atoms with Crippen LogP contribution in [0.3, 0.4) is 0 Å².